The molecule has 2 amide bonds. The third-order valence-corrected chi connectivity index (χ3v) is 5.23. The number of anilines is 1. The van der Waals surface area contributed by atoms with Crippen LogP contribution >= 0.6 is 11.3 Å². The average Bonchev–Trinajstić information content (AvgIpc) is 2.87. The highest BCUT2D eigenvalue weighted by Crippen LogP contribution is 2.34. The second-order valence-corrected chi connectivity index (χ2v) is 8.77. The van der Waals surface area contributed by atoms with Gasteiger partial charge in [0, 0.05) is 11.4 Å². The number of hydrogen-bond donors (Lipinski definition) is 3. The number of aliphatic hydroxyl groups is 1. The Morgan fingerprint density at radius 2 is 1.74 bits per heavy atom. The maximum Gasteiger partial charge on any atom is 0.341 e. The van der Waals surface area contributed by atoms with Gasteiger partial charge in [-0.05, 0) is 39.7 Å². The summed E-state index contributed by atoms with van der Waals surface area (Å²) in [5.74, 6) is -0.498. The molecule has 7 heteroatoms. The number of unbranched alkanes of at least 4 members (excludes halogenated alkanes) is 5. The van der Waals surface area contributed by atoms with E-state index < -0.39 is 11.6 Å². The molecule has 0 aliphatic heterocycles. The van der Waals surface area contributed by atoms with Gasteiger partial charge in [-0.25, -0.2) is 9.59 Å². The van der Waals surface area contributed by atoms with E-state index in [9.17, 15) is 14.7 Å². The summed E-state index contributed by atoms with van der Waals surface area (Å²) in [6.45, 7) is 9.72. The van der Waals surface area contributed by atoms with Crippen LogP contribution in [0.15, 0.2) is 0 Å². The highest BCUT2D eigenvalue weighted by molar-refractivity contribution is 7.16. The molecule has 1 rings (SSSR count). The lowest BCUT2D eigenvalue weighted by molar-refractivity contribution is 0.00704. The van der Waals surface area contributed by atoms with Crippen molar-refractivity contribution < 1.29 is 19.4 Å². The van der Waals surface area contributed by atoms with Crippen LogP contribution < -0.4 is 10.6 Å². The monoisotopic (exact) mass is 398 g/mol. The fourth-order valence-corrected chi connectivity index (χ4v) is 3.68. The molecule has 3 N–H and O–H groups in total. The smallest absolute Gasteiger partial charge is 0.341 e. The van der Waals surface area contributed by atoms with E-state index in [2.05, 4.69) is 17.6 Å². The van der Waals surface area contributed by atoms with E-state index in [1.165, 1.54) is 37.0 Å². The Bertz CT molecular complexity index is 620. The van der Waals surface area contributed by atoms with Crippen molar-refractivity contribution in [3.8, 4) is 0 Å². The first-order valence-electron chi connectivity index (χ1n) is 9.71. The van der Waals surface area contributed by atoms with E-state index in [0.717, 1.165) is 12.8 Å². The van der Waals surface area contributed by atoms with Gasteiger partial charge in [-0.2, -0.15) is 0 Å². The summed E-state index contributed by atoms with van der Waals surface area (Å²) in [5.41, 5.74) is 0.318. The van der Waals surface area contributed by atoms with Crippen LogP contribution in [0.3, 0.4) is 0 Å². The molecule has 1 aromatic rings. The molecule has 0 aliphatic carbocycles. The Balaban J connectivity index is 2.65. The van der Waals surface area contributed by atoms with E-state index in [1.807, 2.05) is 0 Å². The van der Waals surface area contributed by atoms with Crippen molar-refractivity contribution in [2.45, 2.75) is 85.4 Å². The van der Waals surface area contributed by atoms with Gasteiger partial charge in [-0.3, -0.25) is 5.32 Å². The predicted molar refractivity (Wildman–Crippen MR) is 111 cm³/mol. The molecule has 0 aromatic carbocycles. The maximum atomic E-state index is 12.5. The molecule has 0 saturated carbocycles. The summed E-state index contributed by atoms with van der Waals surface area (Å²) in [6.07, 6.45) is 6.92. The third-order valence-electron chi connectivity index (χ3n) is 4.04. The van der Waals surface area contributed by atoms with Gasteiger partial charge in [0.25, 0.3) is 0 Å². The molecule has 0 atom stereocenters. The highest BCUT2D eigenvalue weighted by atomic mass is 32.1. The van der Waals surface area contributed by atoms with Crippen LogP contribution in [-0.2, 0) is 11.3 Å². The van der Waals surface area contributed by atoms with Crippen LogP contribution in [-0.4, -0.2) is 29.3 Å². The van der Waals surface area contributed by atoms with Gasteiger partial charge in [-0.1, -0.05) is 39.0 Å². The number of ether oxygens (including phenoxy) is 1. The van der Waals surface area contributed by atoms with Crippen molar-refractivity contribution in [2.75, 3.05) is 11.9 Å². The summed E-state index contributed by atoms with van der Waals surface area (Å²) >= 11 is 1.20. The lowest BCUT2D eigenvalue weighted by atomic mass is 10.1. The van der Waals surface area contributed by atoms with Crippen LogP contribution in [0, 0.1) is 6.92 Å². The molecule has 1 heterocycles. The molecule has 0 fully saturated rings. The van der Waals surface area contributed by atoms with Gasteiger partial charge in [0.1, 0.15) is 10.6 Å². The molecule has 6 nitrogen and oxygen atoms in total. The number of aliphatic hydroxyl groups excluding tert-OH is 1. The molecule has 0 unspecified atom stereocenters. The molecular weight excluding hydrogens is 364 g/mol. The van der Waals surface area contributed by atoms with Gasteiger partial charge in [0.05, 0.1) is 12.2 Å². The molecule has 0 radical (unpaired) electrons. The summed E-state index contributed by atoms with van der Waals surface area (Å²) in [6, 6.07) is -0.348. The fraction of sp³-hybridized carbons (Fsp3) is 0.700. The molecule has 154 valence electrons. The Labute approximate surface area is 166 Å². The largest absolute Gasteiger partial charge is 0.456 e. The quantitative estimate of drug-likeness (QED) is 0.383. The van der Waals surface area contributed by atoms with Crippen molar-refractivity contribution in [3.63, 3.8) is 0 Å². The molecule has 0 bridgehead atoms. The number of esters is 1. The molecule has 0 saturated heterocycles. The second-order valence-electron chi connectivity index (χ2n) is 7.66. The Morgan fingerprint density at radius 1 is 1.11 bits per heavy atom. The molecule has 1 aromatic heterocycles. The van der Waals surface area contributed by atoms with Crippen molar-refractivity contribution in [1.29, 1.82) is 0 Å². The van der Waals surface area contributed by atoms with Gasteiger partial charge >= 0.3 is 12.0 Å². The Morgan fingerprint density at radius 3 is 2.33 bits per heavy atom. The van der Waals surface area contributed by atoms with Crippen LogP contribution in [0.1, 0.15) is 87.0 Å². The number of hydrogen-bond acceptors (Lipinski definition) is 5. The first-order chi connectivity index (χ1) is 12.7. The summed E-state index contributed by atoms with van der Waals surface area (Å²) < 4.78 is 5.44. The lowest BCUT2D eigenvalue weighted by Gasteiger charge is -2.20. The number of carbonyl (C=O) groups is 2. The minimum Gasteiger partial charge on any atom is -0.456 e. The first kappa shape index (κ1) is 23.4. The topological polar surface area (TPSA) is 87.7 Å². The van der Waals surface area contributed by atoms with Crippen LogP contribution in [0.2, 0.25) is 0 Å². The number of thiophene rings is 1. The number of nitrogens with one attached hydrogen (secondary N) is 2. The lowest BCUT2D eigenvalue weighted by Crippen LogP contribution is -2.30. The van der Waals surface area contributed by atoms with Crippen LogP contribution in [0.4, 0.5) is 9.80 Å². The number of carbonyl (C=O) groups excluding carboxylic acids is 2. The first-order valence-corrected chi connectivity index (χ1v) is 10.5. The van der Waals surface area contributed by atoms with Gasteiger partial charge in [-0.15, -0.1) is 11.3 Å². The van der Waals surface area contributed by atoms with Crippen LogP contribution in [0.5, 0.6) is 0 Å². The van der Waals surface area contributed by atoms with Gasteiger partial charge < -0.3 is 15.2 Å². The van der Waals surface area contributed by atoms with Crippen molar-refractivity contribution >= 4 is 28.3 Å². The summed E-state index contributed by atoms with van der Waals surface area (Å²) in [4.78, 5) is 25.4. The highest BCUT2D eigenvalue weighted by Gasteiger charge is 2.26. The van der Waals surface area contributed by atoms with E-state index in [-0.39, 0.29) is 12.6 Å². The number of amides is 2. The number of urea groups is 1. The van der Waals surface area contributed by atoms with Crippen molar-refractivity contribution in [1.82, 2.24) is 5.32 Å². The van der Waals surface area contributed by atoms with Crippen molar-refractivity contribution in [3.05, 3.63) is 16.0 Å². The third kappa shape index (κ3) is 8.30. The average molecular weight is 399 g/mol. The van der Waals surface area contributed by atoms with E-state index >= 15 is 0 Å². The standard InChI is InChI=1S/C20H34N2O4S/c1-6-7-8-9-10-11-12-21-19(25)22-17-16(14(2)15(13-23)27-17)18(24)26-20(3,4)5/h23H,6-13H2,1-5H3,(H2,21,22,25). The molecule has 0 spiro atoms. The van der Waals surface area contributed by atoms with Gasteiger partial charge in [0.15, 0.2) is 0 Å². The zero-order chi connectivity index (χ0) is 20.4. The fourth-order valence-electron chi connectivity index (χ4n) is 2.63. The zero-order valence-corrected chi connectivity index (χ0v) is 18.1. The Hall–Kier alpha value is -1.60. The van der Waals surface area contributed by atoms with Crippen LogP contribution in [0.25, 0.3) is 0 Å². The van der Waals surface area contributed by atoms with E-state index in [1.54, 1.807) is 27.7 Å². The summed E-state index contributed by atoms with van der Waals surface area (Å²) in [5, 5.41) is 15.5. The maximum absolute atomic E-state index is 12.5. The Kier molecular flexibility index (Phi) is 9.80. The van der Waals surface area contributed by atoms with Crippen molar-refractivity contribution in [2.24, 2.45) is 0 Å². The second kappa shape index (κ2) is 11.3. The molecule has 0 aliphatic rings. The number of rotatable bonds is 10. The zero-order valence-electron chi connectivity index (χ0n) is 17.2. The predicted octanol–water partition coefficient (Wildman–Crippen LogP) is 4.99. The molecular formula is C20H34N2O4S. The normalized spacial score (nSPS) is 11.3. The minimum atomic E-state index is -0.637. The van der Waals surface area contributed by atoms with E-state index in [0.29, 0.717) is 27.5 Å². The van der Waals surface area contributed by atoms with Gasteiger partial charge in [0.2, 0.25) is 0 Å². The molecule has 27 heavy (non-hydrogen) atoms. The minimum absolute atomic E-state index is 0.187. The summed E-state index contributed by atoms with van der Waals surface area (Å²) in [7, 11) is 0. The van der Waals surface area contributed by atoms with E-state index in [4.69, 9.17) is 4.74 Å². The SMILES string of the molecule is CCCCCCCCNC(=O)Nc1sc(CO)c(C)c1C(=O)OC(C)(C)C.